The topological polar surface area (TPSA) is 108 Å². The van der Waals surface area contributed by atoms with Crippen molar-refractivity contribution in [2.45, 2.75) is 6.92 Å². The zero-order valence-electron chi connectivity index (χ0n) is 15.2. The molecular formula is C18H18N8O2. The minimum absolute atomic E-state index is 0.0989. The highest BCUT2D eigenvalue weighted by Crippen LogP contribution is 2.21. The van der Waals surface area contributed by atoms with E-state index in [2.05, 4.69) is 30.3 Å². The van der Waals surface area contributed by atoms with Gasteiger partial charge >= 0.3 is 0 Å². The molecule has 4 aromatic rings. The molecule has 5 heterocycles. The third kappa shape index (κ3) is 2.70. The summed E-state index contributed by atoms with van der Waals surface area (Å²) < 4.78 is 7.25. The van der Waals surface area contributed by atoms with E-state index in [1.54, 1.807) is 29.5 Å². The molecule has 5 rings (SSSR count). The standard InChI is InChI=1S/C18H18N8O2/c1-12-20-23-17-16(19-4-5-26(12)17)24-6-8-25(9-7-24)18(27)14-11-13(21-22-14)15-3-2-10-28-15/h2-5,10-11H,6-9H2,1H3,(H,21,22). The molecule has 1 amide bonds. The van der Waals surface area contributed by atoms with Crippen LogP contribution >= 0.6 is 0 Å². The third-order valence-corrected chi connectivity index (χ3v) is 4.93. The van der Waals surface area contributed by atoms with E-state index in [-0.39, 0.29) is 5.91 Å². The van der Waals surface area contributed by atoms with Crippen LogP contribution in [0.5, 0.6) is 0 Å². The van der Waals surface area contributed by atoms with E-state index < -0.39 is 0 Å². The van der Waals surface area contributed by atoms with E-state index in [1.807, 2.05) is 23.6 Å². The number of aromatic nitrogens is 6. The average molecular weight is 378 g/mol. The highest BCUT2D eigenvalue weighted by atomic mass is 16.3. The van der Waals surface area contributed by atoms with Crippen molar-refractivity contribution in [3.63, 3.8) is 0 Å². The summed E-state index contributed by atoms with van der Waals surface area (Å²) in [5.74, 6) is 2.16. The number of hydrogen-bond donors (Lipinski definition) is 1. The molecule has 1 fully saturated rings. The lowest BCUT2D eigenvalue weighted by molar-refractivity contribution is 0.0740. The fourth-order valence-electron chi connectivity index (χ4n) is 3.42. The molecule has 1 N–H and O–H groups in total. The van der Waals surface area contributed by atoms with E-state index in [1.165, 1.54) is 0 Å². The number of carbonyl (C=O) groups is 1. The van der Waals surface area contributed by atoms with Gasteiger partial charge in [0.15, 0.2) is 17.3 Å². The molecule has 28 heavy (non-hydrogen) atoms. The Bertz CT molecular complexity index is 1120. The van der Waals surface area contributed by atoms with Crippen LogP contribution in [0.15, 0.2) is 41.3 Å². The number of aryl methyl sites for hydroxylation is 1. The molecule has 10 nitrogen and oxygen atoms in total. The zero-order chi connectivity index (χ0) is 19.1. The molecule has 1 saturated heterocycles. The predicted octanol–water partition coefficient (Wildman–Crippen LogP) is 1.38. The van der Waals surface area contributed by atoms with Crippen molar-refractivity contribution in [2.75, 3.05) is 31.1 Å². The normalized spacial score (nSPS) is 14.8. The van der Waals surface area contributed by atoms with E-state index in [0.29, 0.717) is 43.3 Å². The lowest BCUT2D eigenvalue weighted by Crippen LogP contribution is -2.49. The van der Waals surface area contributed by atoms with Crippen LogP contribution in [0.4, 0.5) is 5.82 Å². The molecule has 0 aromatic carbocycles. The number of amides is 1. The van der Waals surface area contributed by atoms with Crippen LogP contribution < -0.4 is 4.90 Å². The van der Waals surface area contributed by atoms with Crippen molar-refractivity contribution < 1.29 is 9.21 Å². The van der Waals surface area contributed by atoms with E-state index in [0.717, 1.165) is 17.3 Å². The Balaban J connectivity index is 1.30. The number of nitrogens with zero attached hydrogens (tertiary/aromatic N) is 7. The van der Waals surface area contributed by atoms with E-state index in [4.69, 9.17) is 4.42 Å². The second-order valence-corrected chi connectivity index (χ2v) is 6.62. The summed E-state index contributed by atoms with van der Waals surface area (Å²) in [6.07, 6.45) is 5.18. The molecule has 1 aliphatic rings. The first-order chi connectivity index (χ1) is 13.7. The number of furan rings is 1. The van der Waals surface area contributed by atoms with Gasteiger partial charge in [0.05, 0.1) is 6.26 Å². The largest absolute Gasteiger partial charge is 0.463 e. The Hall–Kier alpha value is -3.69. The van der Waals surface area contributed by atoms with E-state index >= 15 is 0 Å². The Morgan fingerprint density at radius 2 is 2.07 bits per heavy atom. The Labute approximate surface area is 159 Å². The lowest BCUT2D eigenvalue weighted by atomic mass is 10.2. The molecule has 0 saturated carbocycles. The summed E-state index contributed by atoms with van der Waals surface area (Å²) in [4.78, 5) is 21.2. The average Bonchev–Trinajstić information content (AvgIpc) is 3.48. The van der Waals surface area contributed by atoms with Gasteiger partial charge in [-0.25, -0.2) is 4.98 Å². The molecule has 0 spiro atoms. The van der Waals surface area contributed by atoms with Gasteiger partial charge in [0.1, 0.15) is 11.5 Å². The van der Waals surface area contributed by atoms with Crippen molar-refractivity contribution >= 4 is 17.4 Å². The monoisotopic (exact) mass is 378 g/mol. The molecule has 0 bridgehead atoms. The molecule has 0 radical (unpaired) electrons. The van der Waals surface area contributed by atoms with Gasteiger partial charge in [0.25, 0.3) is 5.91 Å². The van der Waals surface area contributed by atoms with Gasteiger partial charge < -0.3 is 14.2 Å². The Morgan fingerprint density at radius 1 is 1.21 bits per heavy atom. The summed E-state index contributed by atoms with van der Waals surface area (Å²) >= 11 is 0. The van der Waals surface area contributed by atoms with Gasteiger partial charge in [-0.05, 0) is 19.1 Å². The number of aromatic amines is 1. The predicted molar refractivity (Wildman–Crippen MR) is 99.9 cm³/mol. The number of carbonyl (C=O) groups excluding carboxylic acids is 1. The maximum atomic E-state index is 12.8. The molecule has 0 aliphatic carbocycles. The van der Waals surface area contributed by atoms with E-state index in [9.17, 15) is 4.79 Å². The number of rotatable bonds is 3. The second-order valence-electron chi connectivity index (χ2n) is 6.62. The molecule has 4 aromatic heterocycles. The minimum Gasteiger partial charge on any atom is -0.463 e. The zero-order valence-corrected chi connectivity index (χ0v) is 15.2. The minimum atomic E-state index is -0.0989. The first-order valence-corrected chi connectivity index (χ1v) is 9.00. The quantitative estimate of drug-likeness (QED) is 0.574. The SMILES string of the molecule is Cc1nnc2c(N3CCN(C(=O)c4cc(-c5ccco5)[nH]n4)CC3)nccn12. The summed E-state index contributed by atoms with van der Waals surface area (Å²) in [5, 5.41) is 15.3. The lowest BCUT2D eigenvalue weighted by Gasteiger charge is -2.34. The number of H-pyrrole nitrogens is 1. The summed E-state index contributed by atoms with van der Waals surface area (Å²) in [7, 11) is 0. The van der Waals surface area contributed by atoms with Crippen molar-refractivity contribution in [1.29, 1.82) is 0 Å². The van der Waals surface area contributed by atoms with Crippen LogP contribution in [-0.4, -0.2) is 66.8 Å². The fourth-order valence-corrected chi connectivity index (χ4v) is 3.42. The molecule has 1 aliphatic heterocycles. The van der Waals surface area contributed by atoms with Crippen molar-refractivity contribution in [2.24, 2.45) is 0 Å². The van der Waals surface area contributed by atoms with Gasteiger partial charge in [-0.15, -0.1) is 10.2 Å². The first-order valence-electron chi connectivity index (χ1n) is 9.00. The van der Waals surface area contributed by atoms with Gasteiger partial charge in [-0.2, -0.15) is 5.10 Å². The van der Waals surface area contributed by atoms with Crippen LogP contribution in [0.2, 0.25) is 0 Å². The summed E-state index contributed by atoms with van der Waals surface area (Å²) in [6, 6.07) is 5.33. The van der Waals surface area contributed by atoms with Crippen molar-refractivity contribution in [3.05, 3.63) is 48.4 Å². The van der Waals surface area contributed by atoms with Gasteiger partial charge in [-0.1, -0.05) is 0 Å². The maximum absolute atomic E-state index is 12.8. The number of nitrogens with one attached hydrogen (secondary N) is 1. The highest BCUT2D eigenvalue weighted by Gasteiger charge is 2.26. The summed E-state index contributed by atoms with van der Waals surface area (Å²) in [6.45, 7) is 4.40. The van der Waals surface area contributed by atoms with Crippen LogP contribution in [0.25, 0.3) is 17.1 Å². The smallest absolute Gasteiger partial charge is 0.274 e. The fraction of sp³-hybridized carbons (Fsp3) is 0.278. The van der Waals surface area contributed by atoms with Crippen LogP contribution in [0.3, 0.4) is 0 Å². The van der Waals surface area contributed by atoms with Crippen molar-refractivity contribution in [1.82, 2.24) is 34.7 Å². The summed E-state index contributed by atoms with van der Waals surface area (Å²) in [5.41, 5.74) is 1.80. The van der Waals surface area contributed by atoms with Gasteiger partial charge in [0, 0.05) is 44.6 Å². The third-order valence-electron chi connectivity index (χ3n) is 4.93. The van der Waals surface area contributed by atoms with Crippen LogP contribution in [0.1, 0.15) is 16.3 Å². The van der Waals surface area contributed by atoms with Gasteiger partial charge in [0.2, 0.25) is 5.65 Å². The molecular weight excluding hydrogens is 360 g/mol. The number of hydrogen-bond acceptors (Lipinski definition) is 7. The van der Waals surface area contributed by atoms with Crippen LogP contribution in [-0.2, 0) is 0 Å². The second kappa shape index (κ2) is 6.48. The number of anilines is 1. The number of fused-ring (bicyclic) bond motifs is 1. The first kappa shape index (κ1) is 16.5. The molecule has 10 heteroatoms. The molecule has 142 valence electrons. The van der Waals surface area contributed by atoms with Crippen LogP contribution in [0, 0.1) is 6.92 Å². The Morgan fingerprint density at radius 3 is 2.86 bits per heavy atom. The molecule has 0 unspecified atom stereocenters. The van der Waals surface area contributed by atoms with Gasteiger partial charge in [-0.3, -0.25) is 14.3 Å². The highest BCUT2D eigenvalue weighted by molar-refractivity contribution is 5.93. The number of piperazine rings is 1. The Kier molecular flexibility index (Phi) is 3.81. The van der Waals surface area contributed by atoms with Crippen molar-refractivity contribution in [3.8, 4) is 11.5 Å². The maximum Gasteiger partial charge on any atom is 0.274 e. The molecule has 0 atom stereocenters.